The average molecular weight is 2010 g/mol. The molecule has 6 saturated heterocycles. The second kappa shape index (κ2) is 47.4. The van der Waals surface area contributed by atoms with E-state index in [1.807, 2.05) is 91.1 Å². The van der Waals surface area contributed by atoms with Crippen molar-refractivity contribution in [3.05, 3.63) is 191 Å². The molecular weight excluding hydrogens is 1890 g/mol. The summed E-state index contributed by atoms with van der Waals surface area (Å²) in [5.41, 5.74) is -0.297. The Morgan fingerprint density at radius 3 is 1.11 bits per heavy atom. The van der Waals surface area contributed by atoms with Crippen molar-refractivity contribution in [3.8, 4) is 0 Å². The maximum absolute atomic E-state index is 14.3. The molecule has 4 aromatic heterocycles. The van der Waals surface area contributed by atoms with E-state index in [-0.39, 0.29) is 91.0 Å². The third kappa shape index (κ3) is 29.5. The third-order valence-corrected chi connectivity index (χ3v) is 26.4. The van der Waals surface area contributed by atoms with Crippen LogP contribution in [0.4, 0.5) is 116 Å². The standard InChI is InChI=1S/C27H35F4N5O2.C25H31F4N5O2.C24H30F4N6O.C21H25F4N7O/c1-25(2)13-21(34-18-7-5-6-17(12-18)27(29,30)31)26(3,4)23(37)19(25)14-32-16-22-33-15-20(28)24(35-22)36-8-10-38-11-9-36;1-24(2)20(32-18-5-3-4-17(12-18)25(27,28)29)7-6-16(22(24)35)13-30-15-21-31-14-19(26)23(33-21)34-8-10-36-11-9-34;1-23(2)20(31-17-5-3-4-16(12-17)24(26,27)28)7-6-18(33-23)13-29-15-21-30-14-19(25)22(32-21)34-8-10-35-11-9-34;22-18-13-27-19(28-20(18)31-8-10-33-11-9-31)14-26-15-30-4-6-32(7-5-30)29-17-3-1-2-16(12-17)21(23,24)25/h5-7,12,14-15,19,21,23,34,37H,8-11,13,16H2,1-4H3;3-5,12-14,16,20,22,32,35H,6-11,15H2,1-2H3;3-5,12-14,18,20,31,33H,6-11,15H2,1-2H3;1-3,12-13,15,29H,4-11,14H2. The van der Waals surface area contributed by atoms with Gasteiger partial charge in [0.05, 0.1) is 138 Å². The van der Waals surface area contributed by atoms with Crippen LogP contribution in [0.3, 0.4) is 0 Å². The number of piperazine rings is 1. The van der Waals surface area contributed by atoms with E-state index >= 15 is 0 Å². The highest BCUT2D eigenvalue weighted by atomic mass is 19.4. The molecule has 2 aliphatic carbocycles. The van der Waals surface area contributed by atoms with E-state index in [1.54, 1.807) is 43.0 Å². The van der Waals surface area contributed by atoms with Gasteiger partial charge in [-0.1, -0.05) is 65.8 Å². The number of hydrazine groups is 1. The number of morpholine rings is 4. The molecule has 6 aliphatic heterocycles. The van der Waals surface area contributed by atoms with E-state index in [1.165, 1.54) is 36.7 Å². The molecule has 45 heteroatoms. The van der Waals surface area contributed by atoms with Gasteiger partial charge in [0.25, 0.3) is 0 Å². The van der Waals surface area contributed by atoms with Crippen LogP contribution in [0, 0.1) is 51.3 Å². The van der Waals surface area contributed by atoms with Crippen molar-refractivity contribution in [1.29, 1.82) is 0 Å². The van der Waals surface area contributed by atoms with Crippen LogP contribution in [-0.4, -0.2) is 258 Å². The quantitative estimate of drug-likeness (QED) is 0.0168. The van der Waals surface area contributed by atoms with Crippen molar-refractivity contribution < 1.29 is 99.4 Å². The van der Waals surface area contributed by atoms with Crippen LogP contribution in [0.1, 0.15) is 133 Å². The number of piperidine rings is 1. The highest BCUT2D eigenvalue weighted by molar-refractivity contribution is 5.66. The van der Waals surface area contributed by atoms with Crippen molar-refractivity contribution in [2.24, 2.45) is 48.1 Å². The van der Waals surface area contributed by atoms with Gasteiger partial charge in [-0.05, 0) is 124 Å². The van der Waals surface area contributed by atoms with Crippen LogP contribution < -0.4 is 46.3 Å². The molecule has 2 saturated carbocycles. The van der Waals surface area contributed by atoms with Crippen molar-refractivity contribution in [2.45, 2.75) is 180 Å². The number of hydrogen-bond acceptors (Lipinski definition) is 28. The van der Waals surface area contributed by atoms with Crippen LogP contribution in [0.2, 0.25) is 0 Å². The Morgan fingerprint density at radius 1 is 0.394 bits per heavy atom. The molecule has 16 rings (SSSR count). The number of nitrogens with one attached hydrogen (secondary N) is 5. The van der Waals surface area contributed by atoms with Gasteiger partial charge in [0.15, 0.2) is 69.8 Å². The van der Waals surface area contributed by atoms with E-state index in [0.717, 1.165) is 73.8 Å². The minimum atomic E-state index is -4.43. The number of anilines is 8. The smallest absolute Gasteiger partial charge is 0.392 e. The molecule has 7 N–H and O–H groups in total. The number of alkyl halides is 12. The molecule has 0 bridgehead atoms. The second-order valence-electron chi connectivity index (χ2n) is 38.2. The summed E-state index contributed by atoms with van der Waals surface area (Å²) in [6, 6.07) is 20.0. The van der Waals surface area contributed by atoms with Gasteiger partial charge in [-0.15, -0.1) is 0 Å². The first-order valence-corrected chi connectivity index (χ1v) is 47.1. The molecule has 0 spiro atoms. The predicted octanol–water partition coefficient (Wildman–Crippen LogP) is 16.0. The summed E-state index contributed by atoms with van der Waals surface area (Å²) in [6.07, 6.45) is -4.28. The first-order valence-electron chi connectivity index (χ1n) is 47.1. The van der Waals surface area contributed by atoms with Gasteiger partial charge < -0.3 is 80.4 Å². The summed E-state index contributed by atoms with van der Waals surface area (Å²) in [7, 11) is 0. The molecule has 29 nitrogen and oxygen atoms in total. The second-order valence-corrected chi connectivity index (χ2v) is 38.2. The Morgan fingerprint density at radius 2 is 0.725 bits per heavy atom. The van der Waals surface area contributed by atoms with E-state index in [0.29, 0.717) is 197 Å². The molecule has 772 valence electrons. The minimum Gasteiger partial charge on any atom is -0.392 e. The predicted molar refractivity (Wildman–Crippen MR) is 508 cm³/mol. The minimum absolute atomic E-state index is 0.0104. The first kappa shape index (κ1) is 108. The van der Waals surface area contributed by atoms with Crippen LogP contribution in [-0.2, 0) is 69.8 Å². The topological polar surface area (TPSA) is 310 Å². The molecule has 0 radical (unpaired) electrons. The van der Waals surface area contributed by atoms with Crippen LogP contribution >= 0.6 is 0 Å². The number of nitrogens with zero attached hydrogens (tertiary/aromatic N) is 18. The van der Waals surface area contributed by atoms with Gasteiger partial charge in [-0.2, -0.15) is 52.7 Å². The number of aliphatic imine (C=N–C) groups is 4. The van der Waals surface area contributed by atoms with E-state index in [9.17, 15) is 80.5 Å². The Balaban J connectivity index is 0.000000159. The van der Waals surface area contributed by atoms with Crippen LogP contribution in [0.25, 0.3) is 0 Å². The van der Waals surface area contributed by atoms with E-state index in [4.69, 9.17) is 18.9 Å². The summed E-state index contributed by atoms with van der Waals surface area (Å²) in [6.45, 7) is 27.5. The van der Waals surface area contributed by atoms with Crippen molar-refractivity contribution in [1.82, 2.24) is 55.1 Å². The summed E-state index contributed by atoms with van der Waals surface area (Å²) in [5, 5.41) is 37.5. The fourth-order valence-corrected chi connectivity index (χ4v) is 18.1. The Kier molecular flexibility index (Phi) is 36.1. The third-order valence-electron chi connectivity index (χ3n) is 26.4. The SMILES string of the molecule is CC1(C)C(Nc2cccc(C(F)(F)F)c2)CCC(C=NCc2ncc(F)c(N3CCOCC3)n2)C1O.CC1(C)CC(Nc2cccc(C(F)(F)F)c2)C(C)(C)C(O)C1C=NCc1ncc(F)c(N2CCOCC2)n1.CC1(C)NC(C=NCc2ncc(F)c(N3CCOCC3)n2)CCC1Nc1cccc(C(F)(F)F)c1.Fc1cnc(CN=CN2CCN(Nc3cccc(C(F)(F)F)c3)CC2)nc1N1CCOCC1. The summed E-state index contributed by atoms with van der Waals surface area (Å²) in [4.78, 5) is 60.7. The fourth-order valence-electron chi connectivity index (χ4n) is 18.1. The molecule has 10 heterocycles. The molecule has 8 fully saturated rings. The molecule has 0 amide bonds. The Hall–Kier alpha value is -11.4. The Labute approximate surface area is 813 Å². The zero-order chi connectivity index (χ0) is 102. The summed E-state index contributed by atoms with van der Waals surface area (Å²) in [5.74, 6) is 0.149. The highest BCUT2D eigenvalue weighted by Crippen LogP contribution is 2.50. The molecule has 8 unspecified atom stereocenters. The van der Waals surface area contributed by atoms with E-state index in [2.05, 4.69) is 86.5 Å². The number of aliphatic hydroxyl groups is 2. The molecule has 8 atom stereocenters. The lowest BCUT2D eigenvalue weighted by Gasteiger charge is -2.53. The van der Waals surface area contributed by atoms with Gasteiger partial charge in [0, 0.05) is 172 Å². The monoisotopic (exact) mass is 2010 g/mol. The fraction of sp³-hybridized carbons (Fsp3) is 0.546. The first-order chi connectivity index (χ1) is 67.3. The summed E-state index contributed by atoms with van der Waals surface area (Å²) < 4.78 is 235. The van der Waals surface area contributed by atoms with Gasteiger partial charge in [-0.25, -0.2) is 62.4 Å². The number of rotatable bonds is 24. The van der Waals surface area contributed by atoms with Gasteiger partial charge >= 0.3 is 24.7 Å². The van der Waals surface area contributed by atoms with Gasteiger partial charge in [0.1, 0.15) is 6.54 Å². The maximum atomic E-state index is 14.3. The zero-order valence-corrected chi connectivity index (χ0v) is 80.1. The van der Waals surface area contributed by atoms with Crippen LogP contribution in [0.5, 0.6) is 0 Å². The largest absolute Gasteiger partial charge is 0.416 e. The number of halogens is 16. The van der Waals surface area contributed by atoms with Crippen molar-refractivity contribution >= 4 is 71.0 Å². The van der Waals surface area contributed by atoms with Crippen molar-refractivity contribution in [2.75, 3.05) is 172 Å². The molecular formula is C97H121F16N23O6. The number of aromatic nitrogens is 8. The lowest BCUT2D eigenvalue weighted by Crippen LogP contribution is -2.60. The normalized spacial score (nSPS) is 23.0. The average Bonchev–Trinajstić information content (AvgIpc) is 0.751. The van der Waals surface area contributed by atoms with Crippen molar-refractivity contribution in [3.63, 3.8) is 0 Å². The molecule has 4 aromatic carbocycles. The zero-order valence-electron chi connectivity index (χ0n) is 80.1. The lowest BCUT2D eigenvalue weighted by molar-refractivity contribution is -0.138. The lowest BCUT2D eigenvalue weighted by atomic mass is 9.56. The number of ether oxygens (including phenoxy) is 4. The number of benzene rings is 4. The molecule has 142 heavy (non-hydrogen) atoms. The van der Waals surface area contributed by atoms with Gasteiger partial charge in [0.2, 0.25) is 0 Å². The maximum Gasteiger partial charge on any atom is 0.416 e. The van der Waals surface area contributed by atoms with Crippen LogP contribution in [0.15, 0.2) is 142 Å². The summed E-state index contributed by atoms with van der Waals surface area (Å²) >= 11 is 0. The number of aliphatic hydroxyl groups excluding tert-OH is 2. The van der Waals surface area contributed by atoms with Gasteiger partial charge in [-0.3, -0.25) is 20.0 Å². The molecule has 8 aliphatic rings. The Bertz CT molecular complexity index is 5550. The highest BCUT2D eigenvalue weighted by Gasteiger charge is 2.53. The number of hydrogen-bond donors (Lipinski definition) is 7. The van der Waals surface area contributed by atoms with E-state index < -0.39 is 98.7 Å². The molecule has 8 aromatic rings.